The lowest BCUT2D eigenvalue weighted by molar-refractivity contribution is 0.474. The Bertz CT molecular complexity index is 327. The number of nitrogens with one attached hydrogen (secondary N) is 1. The van der Waals surface area contributed by atoms with E-state index in [1.165, 1.54) is 6.92 Å². The van der Waals surface area contributed by atoms with Crippen molar-refractivity contribution in [1.82, 2.24) is 15.2 Å². The number of nitrogens with zero attached hydrogens (tertiary/aromatic N) is 2. The zero-order valence-electron chi connectivity index (χ0n) is 5.07. The van der Waals surface area contributed by atoms with Gasteiger partial charge < -0.3 is 0 Å². The van der Waals surface area contributed by atoms with Gasteiger partial charge in [-0.15, -0.1) is 5.10 Å². The molecule has 0 fully saturated rings. The molecule has 0 saturated carbocycles. The average Bonchev–Trinajstić information content (AvgIpc) is 2.11. The number of H-pyrrole nitrogens is 1. The van der Waals surface area contributed by atoms with E-state index in [1.807, 2.05) is 0 Å². The Kier molecular flexibility index (Phi) is 1.45. The molecule has 7 heteroatoms. The van der Waals surface area contributed by atoms with Gasteiger partial charge in [-0.05, 0) is 6.92 Å². The fourth-order valence-corrected chi connectivity index (χ4v) is 0.851. The number of aromatic amines is 1. The Morgan fingerprint density at radius 1 is 1.60 bits per heavy atom. The van der Waals surface area contributed by atoms with E-state index >= 15 is 0 Å². The van der Waals surface area contributed by atoms with E-state index in [4.69, 9.17) is 4.55 Å². The van der Waals surface area contributed by atoms with E-state index in [2.05, 4.69) is 15.2 Å². The molecule has 6 nitrogen and oxygen atoms in total. The maximum absolute atomic E-state index is 10.3. The third-order valence-electron chi connectivity index (χ3n) is 0.807. The van der Waals surface area contributed by atoms with Crippen LogP contribution in [0.5, 0.6) is 0 Å². The van der Waals surface area contributed by atoms with Gasteiger partial charge in [-0.3, -0.25) is 9.65 Å². The number of hydrogen-bond donors (Lipinski definition) is 2. The van der Waals surface area contributed by atoms with Gasteiger partial charge in [-0.1, -0.05) is 0 Å². The molecule has 0 unspecified atom stereocenters. The van der Waals surface area contributed by atoms with Gasteiger partial charge in [0.25, 0.3) is 5.16 Å². The highest BCUT2D eigenvalue weighted by molar-refractivity contribution is 7.85. The standard InChI is InChI=1S/C3H5N3O3S/c1-2-4-3(6-5-2)10(7,8)9/h1H3,(H,4,5,6)(H,7,8,9). The summed E-state index contributed by atoms with van der Waals surface area (Å²) in [6.07, 6.45) is 0. The summed E-state index contributed by atoms with van der Waals surface area (Å²) in [6, 6.07) is 0. The maximum atomic E-state index is 10.3. The van der Waals surface area contributed by atoms with Crippen LogP contribution in [0.4, 0.5) is 0 Å². The second-order valence-electron chi connectivity index (χ2n) is 1.68. The van der Waals surface area contributed by atoms with E-state index in [1.54, 1.807) is 0 Å². The number of aromatic nitrogens is 3. The van der Waals surface area contributed by atoms with Crippen LogP contribution in [0.1, 0.15) is 5.82 Å². The van der Waals surface area contributed by atoms with Crippen LogP contribution in [-0.4, -0.2) is 28.2 Å². The zero-order chi connectivity index (χ0) is 7.78. The van der Waals surface area contributed by atoms with Crippen molar-refractivity contribution in [2.75, 3.05) is 0 Å². The Hall–Kier alpha value is -0.950. The molecule has 1 aromatic heterocycles. The molecule has 0 aliphatic rings. The Labute approximate surface area is 57.0 Å². The molecule has 0 atom stereocenters. The Balaban J connectivity index is 3.21. The smallest absolute Gasteiger partial charge is 0.279 e. The molecular weight excluding hydrogens is 158 g/mol. The number of rotatable bonds is 1. The first kappa shape index (κ1) is 7.16. The highest BCUT2D eigenvalue weighted by atomic mass is 32.2. The largest absolute Gasteiger partial charge is 0.332 e. The molecule has 56 valence electrons. The minimum atomic E-state index is -4.24. The first-order valence-corrected chi connectivity index (χ1v) is 3.80. The van der Waals surface area contributed by atoms with Gasteiger partial charge in [0.2, 0.25) is 0 Å². The third-order valence-corrected chi connectivity index (χ3v) is 1.45. The first-order chi connectivity index (χ1) is 4.50. The van der Waals surface area contributed by atoms with Crippen molar-refractivity contribution in [1.29, 1.82) is 0 Å². The molecule has 0 aromatic carbocycles. The van der Waals surface area contributed by atoms with Crippen LogP contribution in [0.15, 0.2) is 5.16 Å². The van der Waals surface area contributed by atoms with Crippen LogP contribution in [0.25, 0.3) is 0 Å². The van der Waals surface area contributed by atoms with Crippen molar-refractivity contribution in [3.8, 4) is 0 Å². The van der Waals surface area contributed by atoms with Crippen molar-refractivity contribution < 1.29 is 13.0 Å². The minimum absolute atomic E-state index is 0.340. The van der Waals surface area contributed by atoms with E-state index in [-0.39, 0.29) is 0 Å². The van der Waals surface area contributed by atoms with Gasteiger partial charge in [-0.2, -0.15) is 8.42 Å². The average molecular weight is 163 g/mol. The van der Waals surface area contributed by atoms with Crippen molar-refractivity contribution in [3.63, 3.8) is 0 Å². The van der Waals surface area contributed by atoms with Crippen LogP contribution < -0.4 is 0 Å². The van der Waals surface area contributed by atoms with Crippen LogP contribution in [-0.2, 0) is 10.1 Å². The fourth-order valence-electron chi connectivity index (χ4n) is 0.438. The third kappa shape index (κ3) is 1.31. The van der Waals surface area contributed by atoms with Crippen LogP contribution >= 0.6 is 0 Å². The molecule has 0 aliphatic heterocycles. The van der Waals surface area contributed by atoms with Gasteiger partial charge in [0.05, 0.1) is 0 Å². The van der Waals surface area contributed by atoms with Crippen molar-refractivity contribution in [3.05, 3.63) is 5.82 Å². The van der Waals surface area contributed by atoms with E-state index in [9.17, 15) is 8.42 Å². The van der Waals surface area contributed by atoms with Gasteiger partial charge >= 0.3 is 10.1 Å². The number of hydrogen-bond acceptors (Lipinski definition) is 4. The molecule has 0 saturated heterocycles. The summed E-state index contributed by atoms with van der Waals surface area (Å²) in [5.74, 6) is 0.340. The second-order valence-corrected chi connectivity index (χ2v) is 2.99. The molecule has 2 N–H and O–H groups in total. The van der Waals surface area contributed by atoms with Crippen molar-refractivity contribution in [2.45, 2.75) is 12.1 Å². The molecular formula is C3H5N3O3S. The zero-order valence-corrected chi connectivity index (χ0v) is 5.88. The lowest BCUT2D eigenvalue weighted by atomic mass is 10.8. The molecule has 0 amide bonds. The summed E-state index contributed by atoms with van der Waals surface area (Å²) in [4.78, 5) is 3.38. The quantitative estimate of drug-likeness (QED) is 0.537. The van der Waals surface area contributed by atoms with Crippen molar-refractivity contribution >= 4 is 10.1 Å². The van der Waals surface area contributed by atoms with Gasteiger partial charge in [0, 0.05) is 0 Å². The molecule has 0 bridgehead atoms. The summed E-state index contributed by atoms with van der Waals surface area (Å²) < 4.78 is 28.8. The Morgan fingerprint density at radius 3 is 2.40 bits per heavy atom. The summed E-state index contributed by atoms with van der Waals surface area (Å²) in [5.41, 5.74) is 0. The highest BCUT2D eigenvalue weighted by Crippen LogP contribution is 1.98. The Morgan fingerprint density at radius 2 is 2.20 bits per heavy atom. The van der Waals surface area contributed by atoms with Crippen LogP contribution in [0.2, 0.25) is 0 Å². The summed E-state index contributed by atoms with van der Waals surface area (Å²) >= 11 is 0. The molecule has 0 radical (unpaired) electrons. The molecule has 0 spiro atoms. The SMILES string of the molecule is Cc1nc(S(=O)(=O)O)n[nH]1. The first-order valence-electron chi connectivity index (χ1n) is 2.36. The predicted octanol–water partition coefficient (Wildman–Crippen LogP) is -0.640. The molecule has 1 heterocycles. The molecule has 10 heavy (non-hydrogen) atoms. The lowest BCUT2D eigenvalue weighted by Gasteiger charge is -1.82. The summed E-state index contributed by atoms with van der Waals surface area (Å²) in [7, 11) is -4.24. The maximum Gasteiger partial charge on any atom is 0.332 e. The van der Waals surface area contributed by atoms with E-state index < -0.39 is 15.3 Å². The van der Waals surface area contributed by atoms with Gasteiger partial charge in [0.15, 0.2) is 0 Å². The predicted molar refractivity (Wildman–Crippen MR) is 30.9 cm³/mol. The van der Waals surface area contributed by atoms with E-state index in [0.717, 1.165) is 0 Å². The van der Waals surface area contributed by atoms with Gasteiger partial charge in [0.1, 0.15) is 5.82 Å². The van der Waals surface area contributed by atoms with E-state index in [0.29, 0.717) is 5.82 Å². The topological polar surface area (TPSA) is 95.9 Å². The van der Waals surface area contributed by atoms with Crippen LogP contribution in [0.3, 0.4) is 0 Å². The van der Waals surface area contributed by atoms with Crippen LogP contribution in [0, 0.1) is 6.92 Å². The molecule has 1 rings (SSSR count). The molecule has 1 aromatic rings. The molecule has 0 aliphatic carbocycles. The second kappa shape index (κ2) is 2.03. The highest BCUT2D eigenvalue weighted by Gasteiger charge is 2.14. The minimum Gasteiger partial charge on any atom is -0.279 e. The number of aryl methyl sites for hydroxylation is 1. The lowest BCUT2D eigenvalue weighted by Crippen LogP contribution is -2.00. The van der Waals surface area contributed by atoms with Crippen molar-refractivity contribution in [2.24, 2.45) is 0 Å². The summed E-state index contributed by atoms with van der Waals surface area (Å²) in [6.45, 7) is 1.53. The fraction of sp³-hybridized carbons (Fsp3) is 0.333. The monoisotopic (exact) mass is 163 g/mol. The van der Waals surface area contributed by atoms with Gasteiger partial charge in [-0.25, -0.2) is 4.98 Å². The summed E-state index contributed by atoms with van der Waals surface area (Å²) in [5, 5.41) is 4.90. The normalized spacial score (nSPS) is 11.8.